The van der Waals surface area contributed by atoms with E-state index in [1.54, 1.807) is 20.2 Å². The Labute approximate surface area is 117 Å². The molecule has 0 fully saturated rings. The number of carbonyl (C=O) groups excluding carboxylic acids is 2. The van der Waals surface area contributed by atoms with Gasteiger partial charge >= 0.3 is 0 Å². The second-order valence-corrected chi connectivity index (χ2v) is 4.84. The molecule has 0 bridgehead atoms. The van der Waals surface area contributed by atoms with Crippen LogP contribution in [0.3, 0.4) is 0 Å². The number of benzene rings is 1. The van der Waals surface area contributed by atoms with Crippen molar-refractivity contribution in [1.82, 2.24) is 10.2 Å². The van der Waals surface area contributed by atoms with Gasteiger partial charge in [-0.15, -0.1) is 0 Å². The largest absolute Gasteiger partial charge is 0.383 e. The Morgan fingerprint density at radius 3 is 2.53 bits per heavy atom. The van der Waals surface area contributed by atoms with Crippen LogP contribution in [-0.4, -0.2) is 30.7 Å². The van der Waals surface area contributed by atoms with Crippen molar-refractivity contribution in [3.8, 4) is 0 Å². The minimum Gasteiger partial charge on any atom is -0.383 e. The molecule has 19 heavy (non-hydrogen) atoms. The molecule has 1 aromatic rings. The molecule has 0 aliphatic carbocycles. The summed E-state index contributed by atoms with van der Waals surface area (Å²) in [7, 11) is 3.31. The van der Waals surface area contributed by atoms with Crippen LogP contribution < -0.4 is 5.32 Å². The van der Waals surface area contributed by atoms with E-state index in [-0.39, 0.29) is 11.7 Å². The van der Waals surface area contributed by atoms with E-state index in [2.05, 4.69) is 5.32 Å². The van der Waals surface area contributed by atoms with Crippen molar-refractivity contribution in [1.29, 1.82) is 0 Å². The van der Waals surface area contributed by atoms with E-state index in [4.69, 9.17) is 11.6 Å². The van der Waals surface area contributed by atoms with E-state index in [0.717, 1.165) is 5.56 Å². The van der Waals surface area contributed by atoms with E-state index in [0.29, 0.717) is 16.3 Å². The Morgan fingerprint density at radius 2 is 2.00 bits per heavy atom. The van der Waals surface area contributed by atoms with E-state index in [9.17, 15) is 9.59 Å². The van der Waals surface area contributed by atoms with Crippen LogP contribution in [0.15, 0.2) is 35.5 Å². The van der Waals surface area contributed by atoms with Gasteiger partial charge in [0.15, 0.2) is 5.78 Å². The molecule has 0 aromatic heterocycles. The fourth-order valence-corrected chi connectivity index (χ4v) is 2.65. The molecule has 1 aliphatic rings. The summed E-state index contributed by atoms with van der Waals surface area (Å²) in [6, 6.07) is 6.82. The number of nitrogens with zero attached hydrogens (tertiary/aromatic N) is 1. The van der Waals surface area contributed by atoms with E-state index in [1.807, 2.05) is 18.2 Å². The maximum Gasteiger partial charge on any atom is 0.270 e. The highest BCUT2D eigenvalue weighted by atomic mass is 35.5. The van der Waals surface area contributed by atoms with Crippen LogP contribution in [-0.2, 0) is 9.59 Å². The zero-order valence-electron chi connectivity index (χ0n) is 11.0. The molecule has 1 N–H and O–H groups in total. The van der Waals surface area contributed by atoms with Crippen molar-refractivity contribution in [2.24, 2.45) is 0 Å². The lowest BCUT2D eigenvalue weighted by atomic mass is 9.96. The molecule has 4 nitrogen and oxygen atoms in total. The summed E-state index contributed by atoms with van der Waals surface area (Å²) >= 11 is 6.19. The minimum atomic E-state index is -0.429. The van der Waals surface area contributed by atoms with Gasteiger partial charge in [0.05, 0.1) is 11.6 Å². The summed E-state index contributed by atoms with van der Waals surface area (Å²) in [4.78, 5) is 25.6. The SMILES string of the molecule is CNC1=C(C(C)=O)[C@@H](c2ccccc2Cl)N(C)C1=O. The summed E-state index contributed by atoms with van der Waals surface area (Å²) in [5.74, 6) is -0.329. The van der Waals surface area contributed by atoms with E-state index in [1.165, 1.54) is 11.8 Å². The number of hydrogen-bond donors (Lipinski definition) is 1. The maximum atomic E-state index is 12.2. The summed E-state index contributed by atoms with van der Waals surface area (Å²) in [6.07, 6.45) is 0. The molecule has 0 saturated heterocycles. The van der Waals surface area contributed by atoms with Gasteiger partial charge in [-0.3, -0.25) is 9.59 Å². The van der Waals surface area contributed by atoms with E-state index < -0.39 is 6.04 Å². The Bertz CT molecular complexity index is 581. The third-order valence-corrected chi connectivity index (χ3v) is 3.64. The van der Waals surface area contributed by atoms with Crippen LogP contribution in [0, 0.1) is 0 Å². The molecular formula is C14H15ClN2O2. The predicted octanol–water partition coefficient (Wildman–Crippen LogP) is 1.92. The number of carbonyl (C=O) groups is 2. The molecule has 0 unspecified atom stereocenters. The number of rotatable bonds is 3. The van der Waals surface area contributed by atoms with Gasteiger partial charge in [-0.1, -0.05) is 29.8 Å². The number of ketones is 1. The number of Topliss-reactive ketones (excluding diaryl/α,β-unsaturated/α-hetero) is 1. The number of amides is 1. The van der Waals surface area contributed by atoms with Crippen molar-refractivity contribution >= 4 is 23.3 Å². The van der Waals surface area contributed by atoms with Crippen LogP contribution in [0.4, 0.5) is 0 Å². The zero-order valence-corrected chi connectivity index (χ0v) is 11.8. The summed E-state index contributed by atoms with van der Waals surface area (Å²) in [5, 5.41) is 3.36. The third kappa shape index (κ3) is 2.12. The van der Waals surface area contributed by atoms with Crippen LogP contribution in [0.5, 0.6) is 0 Å². The summed E-state index contributed by atoms with van der Waals surface area (Å²) in [5.41, 5.74) is 1.57. The minimum absolute atomic E-state index is 0.132. The van der Waals surface area contributed by atoms with Gasteiger partial charge in [0.25, 0.3) is 5.91 Å². The predicted molar refractivity (Wildman–Crippen MR) is 73.7 cm³/mol. The third-order valence-electron chi connectivity index (χ3n) is 3.29. The number of likely N-dealkylation sites (N-methyl/N-ethyl adjacent to an activating group) is 2. The van der Waals surface area contributed by atoms with Crippen molar-refractivity contribution in [2.75, 3.05) is 14.1 Å². The van der Waals surface area contributed by atoms with Crippen molar-refractivity contribution in [3.63, 3.8) is 0 Å². The van der Waals surface area contributed by atoms with Gasteiger partial charge in [-0.05, 0) is 18.6 Å². The molecular weight excluding hydrogens is 264 g/mol. The molecule has 0 saturated carbocycles. The normalized spacial score (nSPS) is 19.1. The first-order chi connectivity index (χ1) is 8.99. The first kappa shape index (κ1) is 13.6. The maximum absolute atomic E-state index is 12.2. The lowest BCUT2D eigenvalue weighted by molar-refractivity contribution is -0.126. The van der Waals surface area contributed by atoms with Crippen molar-refractivity contribution in [2.45, 2.75) is 13.0 Å². The molecule has 1 aromatic carbocycles. The first-order valence-corrected chi connectivity index (χ1v) is 6.31. The van der Waals surface area contributed by atoms with Gasteiger partial charge < -0.3 is 10.2 Å². The monoisotopic (exact) mass is 278 g/mol. The van der Waals surface area contributed by atoms with E-state index >= 15 is 0 Å². The standard InChI is InChI=1S/C14H15ClN2O2/c1-8(18)11-12(16-2)14(19)17(3)13(11)9-6-4-5-7-10(9)15/h4-7,13,16H,1-3H3/t13-/m1/s1. The Kier molecular flexibility index (Phi) is 3.62. The molecule has 0 spiro atoms. The number of halogens is 1. The highest BCUT2D eigenvalue weighted by Crippen LogP contribution is 2.39. The molecule has 1 amide bonds. The van der Waals surface area contributed by atoms with Crippen LogP contribution in [0.25, 0.3) is 0 Å². The van der Waals surface area contributed by atoms with Crippen molar-refractivity contribution < 1.29 is 9.59 Å². The Morgan fingerprint density at radius 1 is 1.37 bits per heavy atom. The van der Waals surface area contributed by atoms with Gasteiger partial charge in [0.2, 0.25) is 0 Å². The summed E-state index contributed by atoms with van der Waals surface area (Å²) in [6.45, 7) is 1.46. The Balaban J connectivity index is 2.62. The quantitative estimate of drug-likeness (QED) is 0.919. The first-order valence-electron chi connectivity index (χ1n) is 5.93. The topological polar surface area (TPSA) is 49.4 Å². The highest BCUT2D eigenvalue weighted by Gasteiger charge is 2.40. The smallest absolute Gasteiger partial charge is 0.270 e. The molecule has 1 aliphatic heterocycles. The van der Waals surface area contributed by atoms with Crippen LogP contribution in [0.2, 0.25) is 5.02 Å². The lowest BCUT2D eigenvalue weighted by Crippen LogP contribution is -2.28. The molecule has 0 radical (unpaired) electrons. The zero-order chi connectivity index (χ0) is 14.2. The fraction of sp³-hybridized carbons (Fsp3) is 0.286. The lowest BCUT2D eigenvalue weighted by Gasteiger charge is -2.23. The number of hydrogen-bond acceptors (Lipinski definition) is 3. The number of nitrogens with one attached hydrogen (secondary N) is 1. The average Bonchev–Trinajstić information content (AvgIpc) is 2.63. The van der Waals surface area contributed by atoms with Gasteiger partial charge in [0, 0.05) is 19.1 Å². The molecule has 5 heteroatoms. The van der Waals surface area contributed by atoms with Gasteiger partial charge in [-0.25, -0.2) is 0 Å². The average molecular weight is 279 g/mol. The highest BCUT2D eigenvalue weighted by molar-refractivity contribution is 6.31. The molecule has 1 atom stereocenters. The van der Waals surface area contributed by atoms with Gasteiger partial charge in [-0.2, -0.15) is 0 Å². The van der Waals surface area contributed by atoms with Gasteiger partial charge in [0.1, 0.15) is 5.70 Å². The fourth-order valence-electron chi connectivity index (χ4n) is 2.41. The Hall–Kier alpha value is -1.81. The molecule has 2 rings (SSSR count). The van der Waals surface area contributed by atoms with Crippen molar-refractivity contribution in [3.05, 3.63) is 46.1 Å². The molecule has 1 heterocycles. The van der Waals surface area contributed by atoms with Crippen LogP contribution in [0.1, 0.15) is 18.5 Å². The molecule has 100 valence electrons. The second kappa shape index (κ2) is 5.05. The second-order valence-electron chi connectivity index (χ2n) is 4.43. The summed E-state index contributed by atoms with van der Waals surface area (Å²) < 4.78 is 0. The van der Waals surface area contributed by atoms with Crippen LogP contribution >= 0.6 is 11.6 Å².